The van der Waals surface area contributed by atoms with Gasteiger partial charge in [0.2, 0.25) is 10.0 Å². The molecule has 7 nitrogen and oxygen atoms in total. The standard InChI is InChI=1S/C26H33N3O4S/c1-32-26-18-22(34(30,31)29-12-14-33-15-13-29)11-10-19(26)16-21-17-25(23-8-5-9-24(23)28-21)27-20-6-3-2-4-7-20/h5,8,10-11,17-18,20H,2-4,6-7,9,12-16H2,1H3,(H,27,28). The molecule has 182 valence electrons. The Kier molecular flexibility index (Phi) is 6.90. The SMILES string of the molecule is COc1cc(S(=O)(=O)N2CCOCC2)ccc1Cc1cc(NC2CCCCC2)c2c(n1)CC=C2. The van der Waals surface area contributed by atoms with Crippen LogP contribution < -0.4 is 10.1 Å². The molecule has 0 radical (unpaired) electrons. The molecule has 0 spiro atoms. The Labute approximate surface area is 202 Å². The largest absolute Gasteiger partial charge is 0.496 e. The molecule has 0 bridgehead atoms. The van der Waals surface area contributed by atoms with Crippen molar-refractivity contribution in [1.29, 1.82) is 0 Å². The number of methoxy groups -OCH3 is 1. The number of pyridine rings is 1. The van der Waals surface area contributed by atoms with Gasteiger partial charge in [-0.3, -0.25) is 4.98 Å². The lowest BCUT2D eigenvalue weighted by molar-refractivity contribution is 0.0730. The fourth-order valence-electron chi connectivity index (χ4n) is 5.14. The van der Waals surface area contributed by atoms with E-state index in [2.05, 4.69) is 23.5 Å². The van der Waals surface area contributed by atoms with Gasteiger partial charge in [-0.25, -0.2) is 8.42 Å². The van der Waals surface area contributed by atoms with Gasteiger partial charge in [0.1, 0.15) is 5.75 Å². The number of rotatable bonds is 7. The van der Waals surface area contributed by atoms with Gasteiger partial charge in [-0.1, -0.05) is 37.5 Å². The van der Waals surface area contributed by atoms with E-state index in [9.17, 15) is 8.42 Å². The van der Waals surface area contributed by atoms with Crippen molar-refractivity contribution in [1.82, 2.24) is 9.29 Å². The van der Waals surface area contributed by atoms with Gasteiger partial charge in [-0.2, -0.15) is 4.31 Å². The molecule has 2 fully saturated rings. The van der Waals surface area contributed by atoms with Gasteiger partial charge in [0.25, 0.3) is 0 Å². The van der Waals surface area contributed by atoms with Crippen LogP contribution in [0.15, 0.2) is 35.2 Å². The highest BCUT2D eigenvalue weighted by Crippen LogP contribution is 2.32. The second-order valence-corrected chi connectivity index (χ2v) is 11.2. The normalized spacial score (nSPS) is 19.2. The molecule has 0 amide bonds. The number of fused-ring (bicyclic) bond motifs is 1. The van der Waals surface area contributed by atoms with Crippen LogP contribution in [0.25, 0.3) is 6.08 Å². The van der Waals surface area contributed by atoms with Crippen LogP contribution in [0.3, 0.4) is 0 Å². The van der Waals surface area contributed by atoms with Crippen molar-refractivity contribution < 1.29 is 17.9 Å². The van der Waals surface area contributed by atoms with E-state index in [4.69, 9.17) is 14.5 Å². The molecule has 0 atom stereocenters. The Bertz CT molecular complexity index is 1170. The topological polar surface area (TPSA) is 80.8 Å². The fraction of sp³-hybridized carbons (Fsp3) is 0.500. The number of nitrogens with one attached hydrogen (secondary N) is 1. The molecule has 2 heterocycles. The number of hydrogen-bond donors (Lipinski definition) is 1. The van der Waals surface area contributed by atoms with Crippen molar-refractivity contribution in [3.8, 4) is 5.75 Å². The van der Waals surface area contributed by atoms with E-state index < -0.39 is 10.0 Å². The average molecular weight is 484 g/mol. The van der Waals surface area contributed by atoms with Crippen LogP contribution >= 0.6 is 0 Å². The minimum absolute atomic E-state index is 0.251. The Morgan fingerprint density at radius 1 is 1.15 bits per heavy atom. The lowest BCUT2D eigenvalue weighted by atomic mass is 9.95. The van der Waals surface area contributed by atoms with Gasteiger partial charge < -0.3 is 14.8 Å². The van der Waals surface area contributed by atoms with Gasteiger partial charge >= 0.3 is 0 Å². The van der Waals surface area contributed by atoms with Crippen LogP contribution in [0.1, 0.15) is 54.6 Å². The van der Waals surface area contributed by atoms with Crippen molar-refractivity contribution in [2.45, 2.75) is 55.9 Å². The highest BCUT2D eigenvalue weighted by molar-refractivity contribution is 7.89. The minimum atomic E-state index is -3.58. The summed E-state index contributed by atoms with van der Waals surface area (Å²) in [4.78, 5) is 5.17. The lowest BCUT2D eigenvalue weighted by Crippen LogP contribution is -2.40. The molecule has 2 aliphatic carbocycles. The van der Waals surface area contributed by atoms with E-state index in [1.807, 2.05) is 6.07 Å². The molecule has 1 saturated carbocycles. The van der Waals surface area contributed by atoms with Crippen LogP contribution in [-0.4, -0.2) is 57.2 Å². The van der Waals surface area contributed by atoms with Crippen molar-refractivity contribution in [2.24, 2.45) is 0 Å². The van der Waals surface area contributed by atoms with Crippen LogP contribution in [0.4, 0.5) is 5.69 Å². The number of aromatic nitrogens is 1. The summed E-state index contributed by atoms with van der Waals surface area (Å²) in [5.41, 5.74) is 5.34. The van der Waals surface area contributed by atoms with Crippen molar-refractivity contribution >= 4 is 21.8 Å². The Morgan fingerprint density at radius 2 is 1.94 bits per heavy atom. The second-order valence-electron chi connectivity index (χ2n) is 9.27. The number of anilines is 1. The van der Waals surface area contributed by atoms with Crippen molar-refractivity contribution in [2.75, 3.05) is 38.7 Å². The smallest absolute Gasteiger partial charge is 0.243 e. The number of sulfonamides is 1. The van der Waals surface area contributed by atoms with Crippen LogP contribution in [0.5, 0.6) is 5.75 Å². The van der Waals surface area contributed by atoms with Gasteiger partial charge in [0, 0.05) is 60.5 Å². The molecule has 0 unspecified atom stereocenters. The molecule has 1 saturated heterocycles. The van der Waals surface area contributed by atoms with E-state index in [0.717, 1.165) is 29.1 Å². The molecular weight excluding hydrogens is 450 g/mol. The van der Waals surface area contributed by atoms with E-state index >= 15 is 0 Å². The average Bonchev–Trinajstić information content (AvgIpc) is 3.34. The summed E-state index contributed by atoms with van der Waals surface area (Å²) in [6.45, 7) is 1.58. The number of allylic oxidation sites excluding steroid dienone is 1. The van der Waals surface area contributed by atoms with Gasteiger partial charge in [-0.15, -0.1) is 0 Å². The van der Waals surface area contributed by atoms with E-state index in [1.165, 1.54) is 42.0 Å². The first-order valence-corrected chi connectivity index (χ1v) is 13.7. The summed E-state index contributed by atoms with van der Waals surface area (Å²) in [5.74, 6) is 0.566. The molecule has 34 heavy (non-hydrogen) atoms. The van der Waals surface area contributed by atoms with Gasteiger partial charge in [0.15, 0.2) is 0 Å². The number of ether oxygens (including phenoxy) is 2. The van der Waals surface area contributed by atoms with E-state index in [1.54, 1.807) is 19.2 Å². The Balaban J connectivity index is 1.40. The summed E-state index contributed by atoms with van der Waals surface area (Å²) < 4.78 is 38.5. The zero-order valence-corrected chi connectivity index (χ0v) is 20.6. The maximum atomic E-state index is 13.1. The molecule has 1 aliphatic heterocycles. The number of hydrogen-bond acceptors (Lipinski definition) is 6. The van der Waals surface area contributed by atoms with Gasteiger partial charge in [-0.05, 0) is 25.0 Å². The summed E-state index contributed by atoms with van der Waals surface area (Å²) in [6.07, 6.45) is 12.1. The van der Waals surface area contributed by atoms with Crippen LogP contribution in [-0.2, 0) is 27.6 Å². The predicted molar refractivity (Wildman–Crippen MR) is 133 cm³/mol. The van der Waals surface area contributed by atoms with Crippen LogP contribution in [0, 0.1) is 0 Å². The maximum Gasteiger partial charge on any atom is 0.243 e. The molecule has 5 rings (SSSR count). The zero-order chi connectivity index (χ0) is 23.5. The molecule has 3 aliphatic rings. The van der Waals surface area contributed by atoms with Crippen molar-refractivity contribution in [3.63, 3.8) is 0 Å². The molecular formula is C26H33N3O4S. The zero-order valence-electron chi connectivity index (χ0n) is 19.8. The summed E-state index contributed by atoms with van der Waals surface area (Å²) in [5, 5.41) is 3.78. The monoisotopic (exact) mass is 483 g/mol. The Hall–Kier alpha value is -2.42. The highest BCUT2D eigenvalue weighted by atomic mass is 32.2. The number of nitrogens with zero attached hydrogens (tertiary/aromatic N) is 2. The van der Waals surface area contributed by atoms with E-state index in [-0.39, 0.29) is 4.90 Å². The van der Waals surface area contributed by atoms with Crippen molar-refractivity contribution in [3.05, 3.63) is 52.9 Å². The highest BCUT2D eigenvalue weighted by Gasteiger charge is 2.27. The minimum Gasteiger partial charge on any atom is -0.496 e. The van der Waals surface area contributed by atoms with Gasteiger partial charge in [0.05, 0.1) is 30.9 Å². The quantitative estimate of drug-likeness (QED) is 0.641. The summed E-state index contributed by atoms with van der Waals surface area (Å²) in [6, 6.07) is 7.84. The third-order valence-electron chi connectivity index (χ3n) is 6.99. The Morgan fingerprint density at radius 3 is 2.71 bits per heavy atom. The first kappa shape index (κ1) is 23.3. The predicted octanol–water partition coefficient (Wildman–Crippen LogP) is 4.02. The first-order chi connectivity index (χ1) is 16.5. The first-order valence-electron chi connectivity index (χ1n) is 12.3. The second kappa shape index (κ2) is 10.1. The molecule has 1 aromatic heterocycles. The fourth-order valence-corrected chi connectivity index (χ4v) is 6.56. The molecule has 2 aromatic rings. The molecule has 1 aromatic carbocycles. The van der Waals surface area contributed by atoms with E-state index in [0.29, 0.717) is 44.5 Å². The third-order valence-corrected chi connectivity index (χ3v) is 8.88. The third kappa shape index (κ3) is 4.85. The maximum absolute atomic E-state index is 13.1. The number of morpholine rings is 1. The lowest BCUT2D eigenvalue weighted by Gasteiger charge is -2.26. The van der Waals surface area contributed by atoms with Crippen LogP contribution in [0.2, 0.25) is 0 Å². The summed E-state index contributed by atoms with van der Waals surface area (Å²) >= 11 is 0. The molecule has 1 N–H and O–H groups in total. The summed E-state index contributed by atoms with van der Waals surface area (Å²) in [7, 11) is -1.99. The number of benzene rings is 1. The molecule has 8 heteroatoms.